The fourth-order valence-corrected chi connectivity index (χ4v) is 3.48. The molecule has 0 aliphatic rings. The van der Waals surface area contributed by atoms with Crippen molar-refractivity contribution in [3.63, 3.8) is 0 Å². The van der Waals surface area contributed by atoms with E-state index in [9.17, 15) is 0 Å². The van der Waals surface area contributed by atoms with E-state index in [1.807, 2.05) is 24.3 Å². The lowest BCUT2D eigenvalue weighted by molar-refractivity contribution is 0.524. The van der Waals surface area contributed by atoms with Crippen LogP contribution in [0, 0.1) is 0 Å². The van der Waals surface area contributed by atoms with E-state index in [4.69, 9.17) is 34.8 Å². The summed E-state index contributed by atoms with van der Waals surface area (Å²) < 4.78 is 0.844. The van der Waals surface area contributed by atoms with Crippen LogP contribution in [0.15, 0.2) is 30.3 Å². The first-order chi connectivity index (χ1) is 9.60. The average Bonchev–Trinajstić information content (AvgIpc) is 2.84. The predicted octanol–water partition coefficient (Wildman–Crippen LogP) is 5.99. The molecule has 1 aromatic heterocycles. The molecule has 20 heavy (non-hydrogen) atoms. The van der Waals surface area contributed by atoms with Crippen molar-refractivity contribution in [2.45, 2.75) is 25.8 Å². The highest BCUT2D eigenvalue weighted by atomic mass is 35.5. The topological polar surface area (TPSA) is 12.0 Å². The zero-order chi connectivity index (χ0) is 14.5. The van der Waals surface area contributed by atoms with Crippen LogP contribution in [-0.2, 0) is 6.42 Å². The molecule has 0 aliphatic heterocycles. The molecule has 2 aromatic rings. The zero-order valence-electron chi connectivity index (χ0n) is 11.1. The Hall–Kier alpha value is -0.250. The maximum Gasteiger partial charge on any atom is 0.0931 e. The van der Waals surface area contributed by atoms with E-state index in [0.717, 1.165) is 23.7 Å². The molecule has 1 atom stereocenters. The molecule has 0 fully saturated rings. The molecule has 0 saturated carbocycles. The largest absolute Gasteiger partial charge is 0.310 e. The standard InChI is InChI=1S/C15H16Cl3NS/c1-2-14(10-3-5-12(16)13(17)9-10)19-8-7-11-4-6-15(18)20-11/h3-6,9,14,19H,2,7-8H2,1H3. The maximum absolute atomic E-state index is 6.07. The minimum absolute atomic E-state index is 0.292. The highest BCUT2D eigenvalue weighted by molar-refractivity contribution is 7.16. The van der Waals surface area contributed by atoms with Crippen LogP contribution < -0.4 is 5.32 Å². The lowest BCUT2D eigenvalue weighted by Crippen LogP contribution is -2.23. The van der Waals surface area contributed by atoms with Gasteiger partial charge in [-0.1, -0.05) is 47.8 Å². The van der Waals surface area contributed by atoms with Crippen molar-refractivity contribution < 1.29 is 0 Å². The van der Waals surface area contributed by atoms with Crippen LogP contribution in [0.5, 0.6) is 0 Å². The van der Waals surface area contributed by atoms with Gasteiger partial charge in [0.2, 0.25) is 0 Å². The fraction of sp³-hybridized carbons (Fsp3) is 0.333. The van der Waals surface area contributed by atoms with Gasteiger partial charge in [-0.05, 0) is 42.7 Å². The number of rotatable bonds is 6. The van der Waals surface area contributed by atoms with Crippen LogP contribution in [0.4, 0.5) is 0 Å². The third-order valence-electron chi connectivity index (χ3n) is 3.15. The minimum Gasteiger partial charge on any atom is -0.310 e. The third kappa shape index (κ3) is 4.37. The van der Waals surface area contributed by atoms with Gasteiger partial charge in [-0.2, -0.15) is 0 Å². The summed E-state index contributed by atoms with van der Waals surface area (Å²) in [7, 11) is 0. The van der Waals surface area contributed by atoms with E-state index in [2.05, 4.69) is 18.3 Å². The Labute approximate surface area is 138 Å². The second-order valence-corrected chi connectivity index (χ2v) is 7.16. The first-order valence-electron chi connectivity index (χ1n) is 6.52. The third-order valence-corrected chi connectivity index (χ3v) is 5.18. The molecule has 0 aliphatic carbocycles. The average molecular weight is 349 g/mol. The summed E-state index contributed by atoms with van der Waals surface area (Å²) in [6, 6.07) is 10.1. The highest BCUT2D eigenvalue weighted by Crippen LogP contribution is 2.27. The number of nitrogens with one attached hydrogen (secondary N) is 1. The molecule has 1 aromatic carbocycles. The lowest BCUT2D eigenvalue weighted by atomic mass is 10.0. The monoisotopic (exact) mass is 347 g/mol. The zero-order valence-corrected chi connectivity index (χ0v) is 14.2. The van der Waals surface area contributed by atoms with E-state index in [0.29, 0.717) is 16.1 Å². The van der Waals surface area contributed by atoms with Crippen molar-refractivity contribution in [2.24, 2.45) is 0 Å². The summed E-state index contributed by atoms with van der Waals surface area (Å²) in [6.45, 7) is 3.07. The van der Waals surface area contributed by atoms with Crippen molar-refractivity contribution in [1.29, 1.82) is 0 Å². The van der Waals surface area contributed by atoms with Crippen molar-refractivity contribution >= 4 is 46.1 Å². The van der Waals surface area contributed by atoms with Crippen LogP contribution in [0.3, 0.4) is 0 Å². The highest BCUT2D eigenvalue weighted by Gasteiger charge is 2.10. The molecule has 0 amide bonds. The van der Waals surface area contributed by atoms with Gasteiger partial charge in [-0.3, -0.25) is 0 Å². The summed E-state index contributed by atoms with van der Waals surface area (Å²) in [4.78, 5) is 1.30. The first kappa shape index (κ1) is 16.1. The SMILES string of the molecule is CCC(NCCc1ccc(Cl)s1)c1ccc(Cl)c(Cl)c1. The molecule has 1 heterocycles. The quantitative estimate of drug-likeness (QED) is 0.676. The lowest BCUT2D eigenvalue weighted by Gasteiger charge is -2.17. The van der Waals surface area contributed by atoms with E-state index >= 15 is 0 Å². The Bertz CT molecular complexity index is 568. The Morgan fingerprint density at radius 2 is 1.90 bits per heavy atom. The van der Waals surface area contributed by atoms with Gasteiger partial charge in [-0.15, -0.1) is 11.3 Å². The van der Waals surface area contributed by atoms with Gasteiger partial charge in [0.05, 0.1) is 14.4 Å². The molecule has 0 spiro atoms. The molecular weight excluding hydrogens is 333 g/mol. The van der Waals surface area contributed by atoms with Crippen LogP contribution in [-0.4, -0.2) is 6.54 Å². The van der Waals surface area contributed by atoms with Crippen molar-refractivity contribution in [3.05, 3.63) is 55.2 Å². The van der Waals surface area contributed by atoms with Gasteiger partial charge in [0.25, 0.3) is 0 Å². The number of thiophene rings is 1. The second kappa shape index (κ2) is 7.67. The van der Waals surface area contributed by atoms with Crippen LogP contribution in [0.1, 0.15) is 29.8 Å². The molecule has 0 saturated heterocycles. The number of hydrogen-bond donors (Lipinski definition) is 1. The van der Waals surface area contributed by atoms with Gasteiger partial charge < -0.3 is 5.32 Å². The molecule has 0 bridgehead atoms. The fourth-order valence-electron chi connectivity index (χ4n) is 2.08. The Balaban J connectivity index is 1.93. The maximum atomic E-state index is 6.07. The van der Waals surface area contributed by atoms with E-state index in [-0.39, 0.29) is 0 Å². The molecule has 1 unspecified atom stereocenters. The smallest absolute Gasteiger partial charge is 0.0931 e. The molecule has 5 heteroatoms. The van der Waals surface area contributed by atoms with E-state index in [1.165, 1.54) is 10.4 Å². The van der Waals surface area contributed by atoms with Crippen molar-refractivity contribution in [3.8, 4) is 0 Å². The molecule has 0 radical (unpaired) electrons. The van der Waals surface area contributed by atoms with Gasteiger partial charge in [0.1, 0.15) is 0 Å². The second-order valence-electron chi connectivity index (χ2n) is 4.54. The van der Waals surface area contributed by atoms with Gasteiger partial charge in [0, 0.05) is 17.5 Å². The van der Waals surface area contributed by atoms with Crippen molar-refractivity contribution in [1.82, 2.24) is 5.32 Å². The number of benzene rings is 1. The predicted molar refractivity (Wildman–Crippen MR) is 90.5 cm³/mol. The summed E-state index contributed by atoms with van der Waals surface area (Å²) in [5.74, 6) is 0. The molecule has 108 valence electrons. The van der Waals surface area contributed by atoms with Gasteiger partial charge in [0.15, 0.2) is 0 Å². The Morgan fingerprint density at radius 3 is 2.50 bits per heavy atom. The number of halogens is 3. The molecule has 2 rings (SSSR count). The van der Waals surface area contributed by atoms with Crippen molar-refractivity contribution in [2.75, 3.05) is 6.54 Å². The molecular formula is C15H16Cl3NS. The first-order valence-corrected chi connectivity index (χ1v) is 8.47. The normalized spacial score (nSPS) is 12.6. The summed E-state index contributed by atoms with van der Waals surface area (Å²) in [6.07, 6.45) is 1.98. The van der Waals surface area contributed by atoms with Crippen LogP contribution >= 0.6 is 46.1 Å². The molecule has 1 N–H and O–H groups in total. The van der Waals surface area contributed by atoms with Gasteiger partial charge in [-0.25, -0.2) is 0 Å². The van der Waals surface area contributed by atoms with E-state index in [1.54, 1.807) is 11.3 Å². The summed E-state index contributed by atoms with van der Waals surface area (Å²) in [5.41, 5.74) is 1.17. The number of hydrogen-bond acceptors (Lipinski definition) is 2. The van der Waals surface area contributed by atoms with Crippen LogP contribution in [0.25, 0.3) is 0 Å². The minimum atomic E-state index is 0.292. The Kier molecular flexibility index (Phi) is 6.19. The summed E-state index contributed by atoms with van der Waals surface area (Å²) in [5, 5.41) is 4.75. The summed E-state index contributed by atoms with van der Waals surface area (Å²) >= 11 is 19.6. The van der Waals surface area contributed by atoms with Gasteiger partial charge >= 0.3 is 0 Å². The Morgan fingerprint density at radius 1 is 1.10 bits per heavy atom. The molecule has 1 nitrogen and oxygen atoms in total. The van der Waals surface area contributed by atoms with Crippen LogP contribution in [0.2, 0.25) is 14.4 Å². The van der Waals surface area contributed by atoms with E-state index < -0.39 is 0 Å².